The summed E-state index contributed by atoms with van der Waals surface area (Å²) in [5, 5.41) is 7.08. The van der Waals surface area contributed by atoms with Gasteiger partial charge in [-0.15, -0.1) is 11.3 Å². The average Bonchev–Trinajstić information content (AvgIpc) is 2.87. The Morgan fingerprint density at radius 3 is 2.80 bits per heavy atom. The first-order valence-corrected chi connectivity index (χ1v) is 10.0. The normalized spacial score (nSPS) is 15.5. The quantitative estimate of drug-likeness (QED) is 0.693. The van der Waals surface area contributed by atoms with Crippen LogP contribution in [0.25, 0.3) is 21.3 Å². The van der Waals surface area contributed by atoms with Crippen LogP contribution in [0.3, 0.4) is 0 Å². The monoisotopic (exact) mass is 372 g/mol. The highest BCUT2D eigenvalue weighted by molar-refractivity contribution is 7.17. The number of hydrogen-bond acceptors (Lipinski definition) is 5. The lowest BCUT2D eigenvalue weighted by Crippen LogP contribution is -2.28. The van der Waals surface area contributed by atoms with E-state index >= 15 is 0 Å². The molecule has 1 fully saturated rings. The molecule has 2 aromatic heterocycles. The molecule has 0 spiro atoms. The molecule has 6 heteroatoms. The first-order valence-electron chi connectivity index (χ1n) is 8.76. The van der Waals surface area contributed by atoms with Crippen LogP contribution < -0.4 is 10.2 Å². The van der Waals surface area contributed by atoms with Gasteiger partial charge < -0.3 is 10.2 Å². The molecule has 1 aromatic carbocycles. The van der Waals surface area contributed by atoms with Gasteiger partial charge in [-0.3, -0.25) is 0 Å². The summed E-state index contributed by atoms with van der Waals surface area (Å²) in [4.78, 5) is 12.4. The van der Waals surface area contributed by atoms with Crippen molar-refractivity contribution in [3.8, 4) is 11.1 Å². The van der Waals surface area contributed by atoms with Crippen LogP contribution in [0.4, 0.5) is 5.82 Å². The van der Waals surface area contributed by atoms with Gasteiger partial charge in [0.25, 0.3) is 0 Å². The molecule has 0 radical (unpaired) electrons. The summed E-state index contributed by atoms with van der Waals surface area (Å²) in [6.45, 7) is 6.11. The molecule has 130 valence electrons. The van der Waals surface area contributed by atoms with Crippen molar-refractivity contribution in [3.05, 3.63) is 40.5 Å². The molecule has 0 unspecified atom stereocenters. The van der Waals surface area contributed by atoms with Gasteiger partial charge in [0.05, 0.1) is 5.39 Å². The van der Waals surface area contributed by atoms with E-state index in [4.69, 9.17) is 11.6 Å². The third kappa shape index (κ3) is 3.36. The zero-order chi connectivity index (χ0) is 17.2. The molecule has 3 aromatic rings. The topological polar surface area (TPSA) is 41.1 Å². The van der Waals surface area contributed by atoms with Gasteiger partial charge in [0.1, 0.15) is 10.6 Å². The predicted octanol–water partition coefficient (Wildman–Crippen LogP) is 4.37. The van der Waals surface area contributed by atoms with Gasteiger partial charge in [-0.25, -0.2) is 4.98 Å². The van der Waals surface area contributed by atoms with Crippen LogP contribution in [0.5, 0.6) is 0 Å². The average molecular weight is 373 g/mol. The van der Waals surface area contributed by atoms with E-state index in [2.05, 4.69) is 56.8 Å². The van der Waals surface area contributed by atoms with E-state index in [9.17, 15) is 0 Å². The summed E-state index contributed by atoms with van der Waals surface area (Å²) in [7, 11) is 0. The third-order valence-electron chi connectivity index (χ3n) is 4.70. The summed E-state index contributed by atoms with van der Waals surface area (Å²) in [6.07, 6.45) is 2.16. The Morgan fingerprint density at radius 1 is 1.16 bits per heavy atom. The Kier molecular flexibility index (Phi) is 4.88. The maximum Gasteiger partial charge on any atom is 0.225 e. The maximum atomic E-state index is 6.22. The minimum absolute atomic E-state index is 0.328. The summed E-state index contributed by atoms with van der Waals surface area (Å²) in [5.74, 6) is 0.967. The molecule has 25 heavy (non-hydrogen) atoms. The van der Waals surface area contributed by atoms with Gasteiger partial charge in [-0.1, -0.05) is 31.2 Å². The van der Waals surface area contributed by atoms with Crippen molar-refractivity contribution in [2.45, 2.75) is 19.8 Å². The number of hydrogen-bond donors (Lipinski definition) is 1. The van der Waals surface area contributed by atoms with Gasteiger partial charge >= 0.3 is 0 Å². The maximum absolute atomic E-state index is 6.22. The number of benzene rings is 1. The van der Waals surface area contributed by atoms with E-state index in [1.807, 2.05) is 0 Å². The summed E-state index contributed by atoms with van der Waals surface area (Å²) in [5.41, 5.74) is 3.76. The van der Waals surface area contributed by atoms with Crippen molar-refractivity contribution in [1.29, 1.82) is 0 Å². The second-order valence-corrected chi connectivity index (χ2v) is 7.48. The van der Waals surface area contributed by atoms with Crippen LogP contribution in [0.15, 0.2) is 29.6 Å². The second kappa shape index (κ2) is 7.28. The molecule has 4 rings (SSSR count). The Labute approximate surface area is 156 Å². The number of aromatic nitrogens is 2. The fraction of sp³-hybridized carbons (Fsp3) is 0.368. The van der Waals surface area contributed by atoms with Crippen molar-refractivity contribution in [2.75, 3.05) is 31.1 Å². The van der Waals surface area contributed by atoms with E-state index in [0.29, 0.717) is 5.28 Å². The lowest BCUT2D eigenvalue weighted by molar-refractivity contribution is 0.724. The van der Waals surface area contributed by atoms with Crippen LogP contribution in [0.2, 0.25) is 5.28 Å². The second-order valence-electron chi connectivity index (χ2n) is 6.29. The molecule has 1 aliphatic rings. The minimum atomic E-state index is 0.328. The highest BCUT2D eigenvalue weighted by atomic mass is 35.5. The first kappa shape index (κ1) is 16.8. The predicted molar refractivity (Wildman–Crippen MR) is 107 cm³/mol. The number of rotatable bonds is 3. The number of anilines is 1. The van der Waals surface area contributed by atoms with Gasteiger partial charge in [-0.05, 0) is 42.1 Å². The van der Waals surface area contributed by atoms with Crippen LogP contribution in [-0.4, -0.2) is 36.1 Å². The first-order chi connectivity index (χ1) is 12.3. The Balaban J connectivity index is 1.85. The number of aryl methyl sites for hydroxylation is 1. The van der Waals surface area contributed by atoms with Crippen molar-refractivity contribution in [1.82, 2.24) is 15.3 Å². The highest BCUT2D eigenvalue weighted by Gasteiger charge is 2.20. The van der Waals surface area contributed by atoms with Gasteiger partial charge in [0.2, 0.25) is 5.28 Å². The smallest absolute Gasteiger partial charge is 0.225 e. The van der Waals surface area contributed by atoms with Gasteiger partial charge in [0, 0.05) is 30.6 Å². The SMILES string of the molecule is CCc1ccc(-c2csc3nc(Cl)nc(N4CCCNCC4)c23)cc1. The van der Waals surface area contributed by atoms with Gasteiger partial charge in [-0.2, -0.15) is 4.98 Å². The molecule has 4 nitrogen and oxygen atoms in total. The fourth-order valence-electron chi connectivity index (χ4n) is 3.32. The van der Waals surface area contributed by atoms with Crippen LogP contribution in [0.1, 0.15) is 18.9 Å². The van der Waals surface area contributed by atoms with Crippen LogP contribution in [0, 0.1) is 0 Å². The van der Waals surface area contributed by atoms with E-state index in [0.717, 1.165) is 55.1 Å². The van der Waals surface area contributed by atoms with Crippen molar-refractivity contribution < 1.29 is 0 Å². The lowest BCUT2D eigenvalue weighted by Gasteiger charge is -2.22. The van der Waals surface area contributed by atoms with Crippen molar-refractivity contribution in [3.63, 3.8) is 0 Å². The molecular weight excluding hydrogens is 352 g/mol. The van der Waals surface area contributed by atoms with Crippen LogP contribution >= 0.6 is 22.9 Å². The molecule has 1 saturated heterocycles. The van der Waals surface area contributed by atoms with Gasteiger partial charge in [0.15, 0.2) is 0 Å². The summed E-state index contributed by atoms with van der Waals surface area (Å²) in [6, 6.07) is 8.79. The summed E-state index contributed by atoms with van der Waals surface area (Å²) >= 11 is 7.86. The Hall–Kier alpha value is -1.69. The Morgan fingerprint density at radius 2 is 2.00 bits per heavy atom. The number of fused-ring (bicyclic) bond motifs is 1. The molecular formula is C19H21ClN4S. The molecule has 0 saturated carbocycles. The van der Waals surface area contributed by atoms with E-state index in [-0.39, 0.29) is 0 Å². The molecule has 1 N–H and O–H groups in total. The van der Waals surface area contributed by atoms with E-state index < -0.39 is 0 Å². The summed E-state index contributed by atoms with van der Waals surface area (Å²) < 4.78 is 0. The lowest BCUT2D eigenvalue weighted by atomic mass is 10.0. The molecule has 1 aliphatic heterocycles. The zero-order valence-electron chi connectivity index (χ0n) is 14.3. The number of thiophene rings is 1. The van der Waals surface area contributed by atoms with E-state index in [1.54, 1.807) is 11.3 Å². The highest BCUT2D eigenvalue weighted by Crippen LogP contribution is 2.39. The van der Waals surface area contributed by atoms with E-state index in [1.165, 1.54) is 16.7 Å². The zero-order valence-corrected chi connectivity index (χ0v) is 15.8. The molecule has 3 heterocycles. The number of nitrogens with one attached hydrogen (secondary N) is 1. The fourth-order valence-corrected chi connectivity index (χ4v) is 4.47. The number of nitrogens with zero attached hydrogens (tertiary/aromatic N) is 3. The van der Waals surface area contributed by atoms with Crippen molar-refractivity contribution in [2.24, 2.45) is 0 Å². The molecule has 0 amide bonds. The molecule has 0 aliphatic carbocycles. The standard InChI is InChI=1S/C19H21ClN4S/c1-2-13-4-6-14(7-5-13)15-12-25-18-16(15)17(22-19(20)23-18)24-10-3-8-21-9-11-24/h4-7,12,21H,2-3,8-11H2,1H3. The van der Waals surface area contributed by atoms with Crippen LogP contribution in [-0.2, 0) is 6.42 Å². The Bertz CT molecular complexity index is 867. The van der Waals surface area contributed by atoms with Crippen molar-refractivity contribution >= 4 is 39.0 Å². The largest absolute Gasteiger partial charge is 0.355 e. The number of halogens is 1. The molecule has 0 atom stereocenters. The third-order valence-corrected chi connectivity index (χ3v) is 5.74. The molecule has 0 bridgehead atoms. The minimum Gasteiger partial charge on any atom is -0.355 e.